The number of hydrogen-bond acceptors (Lipinski definition) is 5. The van der Waals surface area contributed by atoms with Gasteiger partial charge < -0.3 is 5.11 Å². The molecule has 1 heterocycles. The molecule has 0 unspecified atom stereocenters. The van der Waals surface area contributed by atoms with Crippen LogP contribution in [-0.4, -0.2) is 32.5 Å². The Balaban J connectivity index is 2.22. The molecule has 10 heteroatoms. The van der Waals surface area contributed by atoms with Gasteiger partial charge in [-0.05, 0) is 5.41 Å². The van der Waals surface area contributed by atoms with Gasteiger partial charge in [0, 0.05) is 5.92 Å². The third-order valence-electron chi connectivity index (χ3n) is 3.65. The van der Waals surface area contributed by atoms with E-state index >= 15 is 0 Å². The summed E-state index contributed by atoms with van der Waals surface area (Å²) in [5.74, 6) is -1.85. The maximum absolute atomic E-state index is 12.2. The maximum Gasteiger partial charge on any atom is 0.475 e. The summed E-state index contributed by atoms with van der Waals surface area (Å²) in [4.78, 5) is 11.3. The zero-order valence-corrected chi connectivity index (χ0v) is 16.4. The Kier molecular flexibility index (Phi) is 4.85. The molecule has 0 aromatic rings. The van der Waals surface area contributed by atoms with Crippen LogP contribution in [0.25, 0.3) is 0 Å². The van der Waals surface area contributed by atoms with E-state index in [4.69, 9.17) is 13.6 Å². The van der Waals surface area contributed by atoms with Crippen molar-refractivity contribution in [2.75, 3.05) is 13.2 Å². The molecule has 2 fully saturated rings. The van der Waals surface area contributed by atoms with Gasteiger partial charge in [0.1, 0.15) is 6.10 Å². The Labute approximate surface area is 141 Å². The smallest absolute Gasteiger partial charge is 0.475 e. The summed E-state index contributed by atoms with van der Waals surface area (Å²) >= 11 is 9.99. The third-order valence-corrected chi connectivity index (χ3v) is 6.49. The molecule has 0 radical (unpaired) electrons. The summed E-state index contributed by atoms with van der Waals surface area (Å²) in [6.45, 7) is 4.05. The lowest BCUT2D eigenvalue weighted by Gasteiger charge is -2.28. The number of aliphatic carboxylic acids is 1. The van der Waals surface area contributed by atoms with Gasteiger partial charge in [-0.25, -0.2) is 4.57 Å². The average molecular weight is 501 g/mol. The highest BCUT2D eigenvalue weighted by Crippen LogP contribution is 2.68. The van der Waals surface area contributed by atoms with Crippen molar-refractivity contribution in [2.45, 2.75) is 22.1 Å². The SMILES string of the molecule is CC1(C)[C@@H]([C@H](OP2(=O)OCCO2)C(Br)(Br)Br)[C@H]1C(=O)O. The van der Waals surface area contributed by atoms with Gasteiger partial charge in [0.05, 0.1) is 19.1 Å². The number of phosphoric ester groups is 1. The molecule has 116 valence electrons. The highest BCUT2D eigenvalue weighted by molar-refractivity contribution is 9.39. The molecule has 20 heavy (non-hydrogen) atoms. The van der Waals surface area contributed by atoms with Crippen LogP contribution < -0.4 is 0 Å². The lowest BCUT2D eigenvalue weighted by atomic mass is 10.1. The Bertz CT molecular complexity index is 452. The van der Waals surface area contributed by atoms with Gasteiger partial charge in [-0.15, -0.1) is 0 Å². The zero-order chi connectivity index (χ0) is 15.3. The van der Waals surface area contributed by atoms with Crippen LogP contribution in [0, 0.1) is 17.3 Å². The second-order valence-corrected chi connectivity index (χ2v) is 13.9. The minimum atomic E-state index is -3.63. The van der Waals surface area contributed by atoms with E-state index in [9.17, 15) is 14.5 Å². The fourth-order valence-corrected chi connectivity index (χ4v) is 5.51. The summed E-state index contributed by atoms with van der Waals surface area (Å²) in [6, 6.07) is 0. The predicted octanol–water partition coefficient (Wildman–Crippen LogP) is 3.72. The van der Waals surface area contributed by atoms with Gasteiger partial charge in [-0.1, -0.05) is 61.6 Å². The minimum absolute atomic E-state index is 0.195. The van der Waals surface area contributed by atoms with Gasteiger partial charge in [-0.2, -0.15) is 0 Å². The van der Waals surface area contributed by atoms with Gasteiger partial charge in [-0.3, -0.25) is 18.4 Å². The average Bonchev–Trinajstić information content (AvgIpc) is 2.63. The van der Waals surface area contributed by atoms with E-state index in [1.165, 1.54) is 0 Å². The summed E-state index contributed by atoms with van der Waals surface area (Å²) in [7, 11) is -3.63. The summed E-state index contributed by atoms with van der Waals surface area (Å²) < 4.78 is 26.8. The monoisotopic (exact) mass is 498 g/mol. The van der Waals surface area contributed by atoms with Crippen molar-refractivity contribution < 1.29 is 28.0 Å². The van der Waals surface area contributed by atoms with Crippen molar-refractivity contribution in [1.82, 2.24) is 0 Å². The van der Waals surface area contributed by atoms with Gasteiger partial charge in [0.2, 0.25) is 0 Å². The summed E-state index contributed by atoms with van der Waals surface area (Å²) in [5, 5.41) is 9.27. The molecular formula is C10H14Br3O6P. The first-order chi connectivity index (χ1) is 8.99. The largest absolute Gasteiger partial charge is 0.481 e. The Morgan fingerprint density at radius 3 is 2.25 bits per heavy atom. The molecule has 2 rings (SSSR count). The van der Waals surface area contributed by atoms with E-state index in [0.29, 0.717) is 0 Å². The standard InChI is InChI=1S/C10H14Br3O6P/c1-9(2)5(6(9)8(14)15)7(10(11,12)13)19-20(16)17-3-4-18-20/h5-7H,3-4H2,1-2H3,(H,14,15)/t5-,6+,7+/m1/s1. The van der Waals surface area contributed by atoms with E-state index in [1.807, 2.05) is 13.8 Å². The number of carboxylic acids is 1. The molecule has 1 saturated carbocycles. The highest BCUT2D eigenvalue weighted by Gasteiger charge is 2.69. The molecule has 6 nitrogen and oxygen atoms in total. The molecule has 0 aromatic heterocycles. The number of phosphoric acid groups is 1. The van der Waals surface area contributed by atoms with Crippen LogP contribution in [0.15, 0.2) is 0 Å². The Hall–Kier alpha value is 1.02. The van der Waals surface area contributed by atoms with Crippen molar-refractivity contribution in [3.8, 4) is 0 Å². The van der Waals surface area contributed by atoms with Crippen LogP contribution in [0.2, 0.25) is 0 Å². The lowest BCUT2D eigenvalue weighted by molar-refractivity contribution is -0.139. The van der Waals surface area contributed by atoms with E-state index < -0.39 is 33.4 Å². The number of hydrogen-bond donors (Lipinski definition) is 1. The number of halogens is 3. The molecule has 1 aliphatic carbocycles. The van der Waals surface area contributed by atoms with Crippen LogP contribution in [0.1, 0.15) is 13.8 Å². The highest BCUT2D eigenvalue weighted by atomic mass is 80.0. The second kappa shape index (κ2) is 5.58. The molecule has 0 spiro atoms. The molecule has 1 N–H and O–H groups in total. The molecule has 0 amide bonds. The minimum Gasteiger partial charge on any atom is -0.481 e. The summed E-state index contributed by atoms with van der Waals surface area (Å²) in [6.07, 6.45) is -0.748. The van der Waals surface area contributed by atoms with Crippen LogP contribution >= 0.6 is 55.6 Å². The maximum atomic E-state index is 12.2. The molecule has 3 atom stereocenters. The molecule has 0 bridgehead atoms. The van der Waals surface area contributed by atoms with E-state index in [0.717, 1.165) is 0 Å². The topological polar surface area (TPSA) is 82.1 Å². The number of carbonyl (C=O) groups is 1. The molecular weight excluding hydrogens is 487 g/mol. The van der Waals surface area contributed by atoms with E-state index in [1.54, 1.807) is 0 Å². The molecule has 1 saturated heterocycles. The van der Waals surface area contributed by atoms with E-state index in [-0.39, 0.29) is 19.1 Å². The first-order valence-electron chi connectivity index (χ1n) is 5.86. The van der Waals surface area contributed by atoms with Gasteiger partial charge in [0.25, 0.3) is 0 Å². The van der Waals surface area contributed by atoms with Crippen LogP contribution in [0.5, 0.6) is 0 Å². The molecule has 2 aliphatic rings. The number of rotatable bonds is 4. The van der Waals surface area contributed by atoms with Crippen molar-refractivity contribution >= 4 is 61.6 Å². The Morgan fingerprint density at radius 1 is 1.40 bits per heavy atom. The third kappa shape index (κ3) is 3.34. The molecule has 1 aliphatic heterocycles. The first-order valence-corrected chi connectivity index (χ1v) is 9.70. The molecule has 0 aromatic carbocycles. The van der Waals surface area contributed by atoms with Gasteiger partial charge in [0.15, 0.2) is 2.14 Å². The predicted molar refractivity (Wildman–Crippen MR) is 82.3 cm³/mol. The Morgan fingerprint density at radius 2 is 1.90 bits per heavy atom. The van der Waals surface area contributed by atoms with Crippen molar-refractivity contribution in [3.63, 3.8) is 0 Å². The second-order valence-electron chi connectivity index (χ2n) is 5.34. The summed E-state index contributed by atoms with van der Waals surface area (Å²) in [5.41, 5.74) is -0.476. The first kappa shape index (κ1) is 17.4. The van der Waals surface area contributed by atoms with Crippen molar-refractivity contribution in [3.05, 3.63) is 0 Å². The fourth-order valence-electron chi connectivity index (χ4n) is 2.58. The zero-order valence-electron chi connectivity index (χ0n) is 10.7. The quantitative estimate of drug-likeness (QED) is 0.468. The van der Waals surface area contributed by atoms with Crippen LogP contribution in [0.3, 0.4) is 0 Å². The number of alkyl halides is 3. The van der Waals surface area contributed by atoms with E-state index in [2.05, 4.69) is 47.8 Å². The van der Waals surface area contributed by atoms with Crippen LogP contribution in [-0.2, 0) is 22.9 Å². The van der Waals surface area contributed by atoms with Crippen LogP contribution in [0.4, 0.5) is 0 Å². The number of carboxylic acid groups (broad SMARTS) is 1. The van der Waals surface area contributed by atoms with Gasteiger partial charge >= 0.3 is 13.8 Å². The normalized spacial score (nSPS) is 32.9. The lowest BCUT2D eigenvalue weighted by Crippen LogP contribution is -2.31. The fraction of sp³-hybridized carbons (Fsp3) is 0.900. The van der Waals surface area contributed by atoms with Crippen molar-refractivity contribution in [1.29, 1.82) is 0 Å². The van der Waals surface area contributed by atoms with Crippen molar-refractivity contribution in [2.24, 2.45) is 17.3 Å².